The van der Waals surface area contributed by atoms with Crippen molar-refractivity contribution in [1.82, 2.24) is 15.0 Å². The second kappa shape index (κ2) is 8.26. The number of oxazole rings is 1. The SMILES string of the molecule is O=C(CCc1ncc(-c2ccccc2)o1)Nc1cnc(-c2ccccc2)nc1. The lowest BCUT2D eigenvalue weighted by Crippen LogP contribution is -2.13. The van der Waals surface area contributed by atoms with Crippen LogP contribution in [0.4, 0.5) is 5.69 Å². The first-order valence-electron chi connectivity index (χ1n) is 8.95. The minimum absolute atomic E-state index is 0.143. The predicted octanol–water partition coefficient (Wildman–Crippen LogP) is 4.37. The summed E-state index contributed by atoms with van der Waals surface area (Å²) in [6.07, 6.45) is 5.56. The van der Waals surface area contributed by atoms with E-state index < -0.39 is 0 Å². The number of amides is 1. The molecule has 28 heavy (non-hydrogen) atoms. The van der Waals surface area contributed by atoms with Gasteiger partial charge in [0.25, 0.3) is 0 Å². The van der Waals surface area contributed by atoms with Crippen LogP contribution >= 0.6 is 0 Å². The maximum Gasteiger partial charge on any atom is 0.224 e. The van der Waals surface area contributed by atoms with Gasteiger partial charge in [0.2, 0.25) is 5.91 Å². The van der Waals surface area contributed by atoms with Gasteiger partial charge in [-0.05, 0) is 0 Å². The molecule has 6 nitrogen and oxygen atoms in total. The van der Waals surface area contributed by atoms with Crippen molar-refractivity contribution in [3.63, 3.8) is 0 Å². The van der Waals surface area contributed by atoms with E-state index in [-0.39, 0.29) is 12.3 Å². The Morgan fingerprint density at radius 3 is 2.14 bits per heavy atom. The van der Waals surface area contributed by atoms with Crippen molar-refractivity contribution < 1.29 is 9.21 Å². The summed E-state index contributed by atoms with van der Waals surface area (Å²) >= 11 is 0. The van der Waals surface area contributed by atoms with Crippen molar-refractivity contribution in [2.75, 3.05) is 5.32 Å². The van der Waals surface area contributed by atoms with E-state index in [0.29, 0.717) is 29.6 Å². The van der Waals surface area contributed by atoms with Crippen LogP contribution in [-0.2, 0) is 11.2 Å². The molecule has 138 valence electrons. The Balaban J connectivity index is 1.32. The zero-order chi connectivity index (χ0) is 19.2. The molecule has 0 aliphatic heterocycles. The first-order valence-corrected chi connectivity index (χ1v) is 8.95. The van der Waals surface area contributed by atoms with E-state index in [4.69, 9.17) is 4.42 Å². The van der Waals surface area contributed by atoms with Crippen LogP contribution in [0, 0.1) is 0 Å². The summed E-state index contributed by atoms with van der Waals surface area (Å²) in [7, 11) is 0. The molecule has 1 amide bonds. The summed E-state index contributed by atoms with van der Waals surface area (Å²) in [4.78, 5) is 25.0. The van der Waals surface area contributed by atoms with E-state index in [1.54, 1.807) is 18.6 Å². The Kier molecular flexibility index (Phi) is 5.20. The van der Waals surface area contributed by atoms with E-state index >= 15 is 0 Å². The van der Waals surface area contributed by atoms with Crippen molar-refractivity contribution in [3.8, 4) is 22.7 Å². The lowest BCUT2D eigenvalue weighted by molar-refractivity contribution is -0.116. The number of hydrogen-bond donors (Lipinski definition) is 1. The van der Waals surface area contributed by atoms with Crippen molar-refractivity contribution in [2.24, 2.45) is 0 Å². The maximum atomic E-state index is 12.2. The van der Waals surface area contributed by atoms with Gasteiger partial charge in [0.05, 0.1) is 24.3 Å². The standard InChI is InChI=1S/C22H18N4O2/c27-20(11-12-21-23-15-19(28-21)16-7-3-1-4-8-16)26-18-13-24-22(25-14-18)17-9-5-2-6-10-17/h1-10,13-15H,11-12H2,(H,26,27). The van der Waals surface area contributed by atoms with Crippen molar-refractivity contribution in [3.05, 3.63) is 85.1 Å². The summed E-state index contributed by atoms with van der Waals surface area (Å²) in [5, 5.41) is 2.80. The van der Waals surface area contributed by atoms with E-state index in [1.165, 1.54) is 0 Å². The fraction of sp³-hybridized carbons (Fsp3) is 0.0909. The Hall–Kier alpha value is -3.80. The molecular formula is C22H18N4O2. The summed E-state index contributed by atoms with van der Waals surface area (Å²) < 4.78 is 5.72. The minimum Gasteiger partial charge on any atom is -0.441 e. The molecule has 2 aromatic heterocycles. The fourth-order valence-electron chi connectivity index (χ4n) is 2.73. The number of carbonyl (C=O) groups excluding carboxylic acids is 1. The molecular weight excluding hydrogens is 352 g/mol. The van der Waals surface area contributed by atoms with E-state index in [0.717, 1.165) is 11.1 Å². The molecule has 0 saturated heterocycles. The third-order valence-electron chi connectivity index (χ3n) is 4.15. The molecule has 0 saturated carbocycles. The van der Waals surface area contributed by atoms with E-state index in [2.05, 4.69) is 20.3 Å². The van der Waals surface area contributed by atoms with Crippen molar-refractivity contribution >= 4 is 11.6 Å². The third-order valence-corrected chi connectivity index (χ3v) is 4.15. The number of benzene rings is 2. The molecule has 0 unspecified atom stereocenters. The first kappa shape index (κ1) is 17.6. The Labute approximate surface area is 162 Å². The normalized spacial score (nSPS) is 10.6. The largest absolute Gasteiger partial charge is 0.441 e. The monoisotopic (exact) mass is 370 g/mol. The molecule has 4 aromatic rings. The number of nitrogens with zero attached hydrogens (tertiary/aromatic N) is 3. The summed E-state index contributed by atoms with van der Waals surface area (Å²) in [6, 6.07) is 19.4. The van der Waals surface area contributed by atoms with Crippen LogP contribution in [0.2, 0.25) is 0 Å². The first-order chi connectivity index (χ1) is 13.8. The zero-order valence-corrected chi connectivity index (χ0v) is 15.1. The van der Waals surface area contributed by atoms with Crippen molar-refractivity contribution in [2.45, 2.75) is 12.8 Å². The van der Waals surface area contributed by atoms with Gasteiger partial charge in [-0.3, -0.25) is 4.79 Å². The lowest BCUT2D eigenvalue weighted by atomic mass is 10.2. The van der Waals surface area contributed by atoms with Gasteiger partial charge in [-0.25, -0.2) is 15.0 Å². The highest BCUT2D eigenvalue weighted by atomic mass is 16.4. The fourth-order valence-corrected chi connectivity index (χ4v) is 2.73. The predicted molar refractivity (Wildman–Crippen MR) is 106 cm³/mol. The number of carbonyl (C=O) groups is 1. The molecule has 0 spiro atoms. The Bertz CT molecular complexity index is 1040. The smallest absolute Gasteiger partial charge is 0.224 e. The number of aryl methyl sites for hydroxylation is 1. The van der Waals surface area contributed by atoms with Crippen LogP contribution in [0.25, 0.3) is 22.7 Å². The van der Waals surface area contributed by atoms with E-state index in [9.17, 15) is 4.79 Å². The molecule has 6 heteroatoms. The van der Waals surface area contributed by atoms with Gasteiger partial charge in [0, 0.05) is 24.0 Å². The summed E-state index contributed by atoms with van der Waals surface area (Å²) in [6.45, 7) is 0. The molecule has 0 atom stereocenters. The van der Waals surface area contributed by atoms with E-state index in [1.807, 2.05) is 60.7 Å². The second-order valence-electron chi connectivity index (χ2n) is 6.19. The number of hydrogen-bond acceptors (Lipinski definition) is 5. The van der Waals surface area contributed by atoms with Gasteiger partial charge >= 0.3 is 0 Å². The highest BCUT2D eigenvalue weighted by Crippen LogP contribution is 2.20. The number of anilines is 1. The summed E-state index contributed by atoms with van der Waals surface area (Å²) in [5.74, 6) is 1.70. The van der Waals surface area contributed by atoms with Crippen LogP contribution in [0.3, 0.4) is 0 Å². The van der Waals surface area contributed by atoms with Crippen LogP contribution in [0.5, 0.6) is 0 Å². The van der Waals surface area contributed by atoms with Crippen LogP contribution in [-0.4, -0.2) is 20.9 Å². The van der Waals surface area contributed by atoms with Gasteiger partial charge in [0.15, 0.2) is 17.5 Å². The lowest BCUT2D eigenvalue weighted by Gasteiger charge is -2.05. The summed E-state index contributed by atoms with van der Waals surface area (Å²) in [5.41, 5.74) is 2.45. The van der Waals surface area contributed by atoms with Gasteiger partial charge < -0.3 is 9.73 Å². The van der Waals surface area contributed by atoms with Gasteiger partial charge in [-0.2, -0.15) is 0 Å². The third kappa shape index (κ3) is 4.29. The number of aromatic nitrogens is 3. The van der Waals surface area contributed by atoms with Gasteiger partial charge in [-0.1, -0.05) is 60.7 Å². The molecule has 2 aromatic carbocycles. The zero-order valence-electron chi connectivity index (χ0n) is 15.1. The second-order valence-corrected chi connectivity index (χ2v) is 6.19. The molecule has 4 rings (SSSR count). The topological polar surface area (TPSA) is 80.9 Å². The Morgan fingerprint density at radius 2 is 1.46 bits per heavy atom. The van der Waals surface area contributed by atoms with Crippen LogP contribution in [0.15, 0.2) is 83.7 Å². The highest BCUT2D eigenvalue weighted by molar-refractivity contribution is 5.90. The van der Waals surface area contributed by atoms with Gasteiger partial charge in [-0.15, -0.1) is 0 Å². The van der Waals surface area contributed by atoms with Crippen LogP contribution < -0.4 is 5.32 Å². The molecule has 0 aliphatic rings. The average Bonchev–Trinajstić information content (AvgIpc) is 3.23. The van der Waals surface area contributed by atoms with Crippen LogP contribution in [0.1, 0.15) is 12.3 Å². The maximum absolute atomic E-state index is 12.2. The molecule has 2 heterocycles. The average molecular weight is 370 g/mol. The van der Waals surface area contributed by atoms with Gasteiger partial charge in [0.1, 0.15) is 0 Å². The Morgan fingerprint density at radius 1 is 0.821 bits per heavy atom. The highest BCUT2D eigenvalue weighted by Gasteiger charge is 2.10. The molecule has 0 bridgehead atoms. The minimum atomic E-state index is -0.143. The van der Waals surface area contributed by atoms with Crippen molar-refractivity contribution in [1.29, 1.82) is 0 Å². The molecule has 0 aliphatic carbocycles. The molecule has 0 fully saturated rings. The number of rotatable bonds is 6. The molecule has 1 N–H and O–H groups in total. The quantitative estimate of drug-likeness (QED) is 0.545. The number of nitrogens with one attached hydrogen (secondary N) is 1. The molecule has 0 radical (unpaired) electrons.